The van der Waals surface area contributed by atoms with Crippen LogP contribution >= 0.6 is 0 Å². The van der Waals surface area contributed by atoms with Crippen LogP contribution in [-0.4, -0.2) is 46.6 Å². The Kier molecular flexibility index (Phi) is 8.98. The number of aliphatic carboxylic acids is 1. The quantitative estimate of drug-likeness (QED) is 0.445. The monoisotopic (exact) mass is 406 g/mol. The molecule has 1 amide bonds. The number of benzene rings is 1. The fraction of sp³-hybridized carbons (Fsp3) is 0.591. The molecule has 1 aromatic carbocycles. The van der Waals surface area contributed by atoms with E-state index in [1.54, 1.807) is 32.0 Å². The normalized spacial score (nSPS) is 13.8. The van der Waals surface area contributed by atoms with E-state index in [2.05, 4.69) is 5.32 Å². The summed E-state index contributed by atoms with van der Waals surface area (Å²) in [6.07, 6.45) is 0.651. The number of carboxylic acid groups (broad SMARTS) is 1. The minimum Gasteiger partial charge on any atom is -0.481 e. The van der Waals surface area contributed by atoms with Crippen molar-refractivity contribution in [3.8, 4) is 0 Å². The Morgan fingerprint density at radius 2 is 1.83 bits per heavy atom. The number of nitrogens with one attached hydrogen (secondary N) is 1. The van der Waals surface area contributed by atoms with E-state index in [0.717, 1.165) is 11.1 Å². The number of nitrogens with two attached hydrogens (primary N) is 1. The number of ketones is 1. The highest BCUT2D eigenvalue weighted by atomic mass is 16.4. The van der Waals surface area contributed by atoms with E-state index in [4.69, 9.17) is 10.8 Å². The van der Waals surface area contributed by atoms with Crippen molar-refractivity contribution in [1.29, 1.82) is 0 Å². The molecule has 0 saturated carbocycles. The van der Waals surface area contributed by atoms with Gasteiger partial charge < -0.3 is 21.3 Å². The third kappa shape index (κ3) is 7.59. The third-order valence-electron chi connectivity index (χ3n) is 4.92. The van der Waals surface area contributed by atoms with Gasteiger partial charge in [-0.3, -0.25) is 14.4 Å². The minimum absolute atomic E-state index is 0.156. The summed E-state index contributed by atoms with van der Waals surface area (Å²) in [7, 11) is 0. The first-order valence-corrected chi connectivity index (χ1v) is 9.90. The maximum absolute atomic E-state index is 12.8. The van der Waals surface area contributed by atoms with Gasteiger partial charge in [-0.05, 0) is 48.9 Å². The highest BCUT2D eigenvalue weighted by molar-refractivity contribution is 5.99. The van der Waals surface area contributed by atoms with Gasteiger partial charge in [-0.1, -0.05) is 33.8 Å². The number of carbonyl (C=O) groups is 3. The summed E-state index contributed by atoms with van der Waals surface area (Å²) in [5.41, 5.74) is 7.04. The van der Waals surface area contributed by atoms with Crippen LogP contribution < -0.4 is 11.1 Å². The topological polar surface area (TPSA) is 130 Å². The molecule has 0 heterocycles. The van der Waals surface area contributed by atoms with Crippen molar-refractivity contribution in [3.63, 3.8) is 0 Å². The fourth-order valence-corrected chi connectivity index (χ4v) is 3.11. The van der Waals surface area contributed by atoms with Crippen LogP contribution in [0.4, 0.5) is 0 Å². The molecule has 0 aliphatic rings. The molecule has 7 nitrogen and oxygen atoms in total. The van der Waals surface area contributed by atoms with Crippen LogP contribution in [-0.2, 0) is 16.0 Å². The summed E-state index contributed by atoms with van der Waals surface area (Å²) in [5, 5.41) is 21.2. The summed E-state index contributed by atoms with van der Waals surface area (Å²) in [6.45, 7) is 8.81. The maximum Gasteiger partial charge on any atom is 0.304 e. The molecule has 29 heavy (non-hydrogen) atoms. The number of hydrogen-bond donors (Lipinski definition) is 4. The molecule has 0 saturated heterocycles. The van der Waals surface area contributed by atoms with Crippen molar-refractivity contribution in [3.05, 3.63) is 34.9 Å². The highest BCUT2D eigenvalue weighted by Gasteiger charge is 2.34. The van der Waals surface area contributed by atoms with Gasteiger partial charge in [0.1, 0.15) is 0 Å². The Labute approximate surface area is 172 Å². The standard InChI is InChI=1S/C22H34N2O5/c1-13(2)8-18(20(28)22(4,5)12-25)24-21(29)15-7-6-14(3)16(9-15)10-17(23)11-19(26)27/h6-7,9,13,17-18,25H,8,10-12,23H2,1-5H3,(H,24,29)(H,26,27)/t17-,18-/m0/s1. The minimum atomic E-state index is -0.967. The lowest BCUT2D eigenvalue weighted by Crippen LogP contribution is -2.48. The number of carbonyl (C=O) groups excluding carboxylic acids is 2. The maximum atomic E-state index is 12.8. The Morgan fingerprint density at radius 3 is 2.34 bits per heavy atom. The van der Waals surface area contributed by atoms with Crippen molar-refractivity contribution >= 4 is 17.7 Å². The number of hydrogen-bond acceptors (Lipinski definition) is 5. The van der Waals surface area contributed by atoms with E-state index >= 15 is 0 Å². The van der Waals surface area contributed by atoms with Gasteiger partial charge in [0.2, 0.25) is 0 Å². The number of aliphatic hydroxyl groups excluding tert-OH is 1. The second kappa shape index (κ2) is 10.5. The fourth-order valence-electron chi connectivity index (χ4n) is 3.11. The molecule has 0 aliphatic carbocycles. The molecule has 0 bridgehead atoms. The molecule has 2 atom stereocenters. The van der Waals surface area contributed by atoms with Crippen molar-refractivity contribution in [1.82, 2.24) is 5.32 Å². The van der Waals surface area contributed by atoms with Gasteiger partial charge >= 0.3 is 5.97 Å². The van der Waals surface area contributed by atoms with Gasteiger partial charge in [-0.25, -0.2) is 0 Å². The molecule has 162 valence electrons. The number of aliphatic hydroxyl groups is 1. The molecule has 7 heteroatoms. The van der Waals surface area contributed by atoms with Crippen LogP contribution in [0.1, 0.15) is 62.0 Å². The van der Waals surface area contributed by atoms with Crippen molar-refractivity contribution in [2.24, 2.45) is 17.1 Å². The predicted molar refractivity (Wildman–Crippen MR) is 112 cm³/mol. The molecular weight excluding hydrogens is 372 g/mol. The van der Waals surface area contributed by atoms with Crippen LogP contribution in [0.15, 0.2) is 18.2 Å². The van der Waals surface area contributed by atoms with Gasteiger partial charge in [-0.15, -0.1) is 0 Å². The Balaban J connectivity index is 3.04. The van der Waals surface area contributed by atoms with Crippen LogP contribution in [0.25, 0.3) is 0 Å². The van der Waals surface area contributed by atoms with Gasteiger partial charge in [0.25, 0.3) is 5.91 Å². The van der Waals surface area contributed by atoms with E-state index in [-0.39, 0.29) is 30.6 Å². The average molecular weight is 407 g/mol. The molecule has 1 aromatic rings. The van der Waals surface area contributed by atoms with Crippen molar-refractivity contribution < 1.29 is 24.6 Å². The summed E-state index contributed by atoms with van der Waals surface area (Å²) >= 11 is 0. The van der Waals surface area contributed by atoms with E-state index in [1.165, 1.54) is 0 Å². The number of amides is 1. The average Bonchev–Trinajstić information content (AvgIpc) is 2.61. The van der Waals surface area contributed by atoms with E-state index in [0.29, 0.717) is 18.4 Å². The lowest BCUT2D eigenvalue weighted by atomic mass is 9.82. The summed E-state index contributed by atoms with van der Waals surface area (Å²) in [4.78, 5) is 36.5. The lowest BCUT2D eigenvalue weighted by molar-refractivity contribution is -0.137. The van der Waals surface area contributed by atoms with Crippen LogP contribution in [0.2, 0.25) is 0 Å². The van der Waals surface area contributed by atoms with E-state index in [1.807, 2.05) is 20.8 Å². The third-order valence-corrected chi connectivity index (χ3v) is 4.92. The molecule has 0 fully saturated rings. The number of rotatable bonds is 11. The van der Waals surface area contributed by atoms with Gasteiger partial charge in [0, 0.05) is 17.0 Å². The molecule has 5 N–H and O–H groups in total. The SMILES string of the molecule is Cc1ccc(C(=O)N[C@@H](CC(C)C)C(=O)C(C)(C)CO)cc1C[C@H](N)CC(=O)O. The predicted octanol–water partition coefficient (Wildman–Crippen LogP) is 2.07. The van der Waals surface area contributed by atoms with Gasteiger partial charge in [0.15, 0.2) is 5.78 Å². The van der Waals surface area contributed by atoms with Crippen LogP contribution in [0.5, 0.6) is 0 Å². The van der Waals surface area contributed by atoms with Crippen LogP contribution in [0, 0.1) is 18.3 Å². The zero-order valence-electron chi connectivity index (χ0n) is 18.0. The molecule has 1 rings (SSSR count). The first-order chi connectivity index (χ1) is 13.4. The highest BCUT2D eigenvalue weighted by Crippen LogP contribution is 2.21. The van der Waals surface area contributed by atoms with Crippen LogP contribution in [0.3, 0.4) is 0 Å². The second-order valence-corrected chi connectivity index (χ2v) is 8.77. The van der Waals surface area contributed by atoms with Crippen molar-refractivity contribution in [2.45, 2.75) is 66.0 Å². The zero-order valence-corrected chi connectivity index (χ0v) is 18.0. The number of carboxylic acids is 1. The summed E-state index contributed by atoms with van der Waals surface area (Å²) in [5.74, 6) is -1.38. The van der Waals surface area contributed by atoms with Gasteiger partial charge in [0.05, 0.1) is 19.1 Å². The van der Waals surface area contributed by atoms with E-state index in [9.17, 15) is 19.5 Å². The van der Waals surface area contributed by atoms with Crippen molar-refractivity contribution in [2.75, 3.05) is 6.61 Å². The Hall–Kier alpha value is -2.25. The molecule has 0 spiro atoms. The lowest BCUT2D eigenvalue weighted by Gasteiger charge is -2.28. The number of aryl methyl sites for hydroxylation is 1. The molecule has 0 unspecified atom stereocenters. The first-order valence-electron chi connectivity index (χ1n) is 9.90. The zero-order chi connectivity index (χ0) is 22.4. The summed E-state index contributed by atoms with van der Waals surface area (Å²) < 4.78 is 0. The van der Waals surface area contributed by atoms with E-state index < -0.39 is 23.5 Å². The largest absolute Gasteiger partial charge is 0.481 e. The Morgan fingerprint density at radius 1 is 1.21 bits per heavy atom. The summed E-state index contributed by atoms with van der Waals surface area (Å²) in [6, 6.07) is 3.90. The smallest absolute Gasteiger partial charge is 0.304 e. The molecule has 0 aliphatic heterocycles. The molecule has 0 radical (unpaired) electrons. The van der Waals surface area contributed by atoms with Gasteiger partial charge in [-0.2, -0.15) is 0 Å². The molecular formula is C22H34N2O5. The number of Topliss-reactive ketones (excluding diaryl/α,β-unsaturated/α-hetero) is 1. The second-order valence-electron chi connectivity index (χ2n) is 8.77. The molecule has 0 aromatic heterocycles. The Bertz CT molecular complexity index is 743. The first kappa shape index (κ1) is 24.8.